The number of amides is 1. The summed E-state index contributed by atoms with van der Waals surface area (Å²) in [4.78, 5) is 16.9. The van der Waals surface area contributed by atoms with Gasteiger partial charge in [0.25, 0.3) is 5.91 Å². The van der Waals surface area contributed by atoms with Crippen LogP contribution in [0.5, 0.6) is 17.2 Å². The van der Waals surface area contributed by atoms with Crippen LogP contribution in [0.4, 0.5) is 5.69 Å². The van der Waals surface area contributed by atoms with E-state index in [2.05, 4.69) is 10.3 Å². The van der Waals surface area contributed by atoms with E-state index in [1.807, 2.05) is 0 Å². The van der Waals surface area contributed by atoms with Gasteiger partial charge in [0.15, 0.2) is 0 Å². The minimum absolute atomic E-state index is 0.0354. The molecular formula is C23H25N3O5S. The van der Waals surface area contributed by atoms with Crippen LogP contribution in [0, 0.1) is 0 Å². The summed E-state index contributed by atoms with van der Waals surface area (Å²) in [7, 11) is -2.29. The molecule has 0 spiro atoms. The molecule has 3 rings (SSSR count). The zero-order chi connectivity index (χ0) is 23.1. The Balaban J connectivity index is 1.81. The SMILES string of the molecule is CCN(CC)S(=O)(=O)c1ccc(OC)c(C(=O)Nc2ccc(Oc3ccncc3)cc2)c1. The highest BCUT2D eigenvalue weighted by Crippen LogP contribution is 2.27. The van der Waals surface area contributed by atoms with Crippen molar-refractivity contribution in [2.24, 2.45) is 0 Å². The number of aromatic nitrogens is 1. The minimum atomic E-state index is -3.71. The van der Waals surface area contributed by atoms with Gasteiger partial charge in [-0.2, -0.15) is 4.31 Å². The van der Waals surface area contributed by atoms with Gasteiger partial charge in [-0.15, -0.1) is 0 Å². The van der Waals surface area contributed by atoms with Crippen molar-refractivity contribution in [3.8, 4) is 17.2 Å². The number of nitrogens with zero attached hydrogens (tertiary/aromatic N) is 2. The van der Waals surface area contributed by atoms with E-state index < -0.39 is 15.9 Å². The monoisotopic (exact) mass is 455 g/mol. The van der Waals surface area contributed by atoms with Gasteiger partial charge in [-0.1, -0.05) is 13.8 Å². The molecule has 3 aromatic rings. The molecule has 32 heavy (non-hydrogen) atoms. The molecular weight excluding hydrogens is 430 g/mol. The minimum Gasteiger partial charge on any atom is -0.496 e. The Kier molecular flexibility index (Phi) is 7.45. The van der Waals surface area contributed by atoms with Gasteiger partial charge in [-0.3, -0.25) is 9.78 Å². The van der Waals surface area contributed by atoms with Crippen LogP contribution >= 0.6 is 0 Å². The van der Waals surface area contributed by atoms with Crippen molar-refractivity contribution in [3.05, 3.63) is 72.6 Å². The molecule has 0 aliphatic carbocycles. The van der Waals surface area contributed by atoms with E-state index in [0.29, 0.717) is 30.3 Å². The molecule has 1 heterocycles. The highest BCUT2D eigenvalue weighted by molar-refractivity contribution is 7.89. The Morgan fingerprint density at radius 1 is 0.969 bits per heavy atom. The summed E-state index contributed by atoms with van der Waals surface area (Å²) >= 11 is 0. The number of methoxy groups -OCH3 is 1. The smallest absolute Gasteiger partial charge is 0.259 e. The molecule has 0 aliphatic heterocycles. The average molecular weight is 456 g/mol. The molecule has 1 N–H and O–H groups in total. The van der Waals surface area contributed by atoms with Gasteiger partial charge in [-0.25, -0.2) is 8.42 Å². The molecule has 0 saturated carbocycles. The van der Waals surface area contributed by atoms with Crippen LogP contribution in [0.15, 0.2) is 71.9 Å². The molecule has 0 aliphatic rings. The van der Waals surface area contributed by atoms with Gasteiger partial charge in [0.2, 0.25) is 10.0 Å². The van der Waals surface area contributed by atoms with Crippen LogP contribution < -0.4 is 14.8 Å². The maximum Gasteiger partial charge on any atom is 0.259 e. The summed E-state index contributed by atoms with van der Waals surface area (Å²) in [6.07, 6.45) is 3.26. The van der Waals surface area contributed by atoms with E-state index in [1.54, 1.807) is 62.6 Å². The second kappa shape index (κ2) is 10.3. The third-order valence-electron chi connectivity index (χ3n) is 4.76. The van der Waals surface area contributed by atoms with E-state index in [9.17, 15) is 13.2 Å². The zero-order valence-corrected chi connectivity index (χ0v) is 18.9. The summed E-state index contributed by atoms with van der Waals surface area (Å²) in [6, 6.07) is 14.6. The molecule has 0 saturated heterocycles. The summed E-state index contributed by atoms with van der Waals surface area (Å²) in [5.41, 5.74) is 0.647. The average Bonchev–Trinajstić information content (AvgIpc) is 2.81. The number of hydrogen-bond donors (Lipinski definition) is 1. The first-order valence-corrected chi connectivity index (χ1v) is 11.5. The van der Waals surface area contributed by atoms with Crippen molar-refractivity contribution < 1.29 is 22.7 Å². The molecule has 9 heteroatoms. The number of rotatable bonds is 9. The van der Waals surface area contributed by atoms with Crippen LogP contribution in [0.3, 0.4) is 0 Å². The standard InChI is InChI=1S/C23H25N3O5S/c1-4-26(5-2)32(28,29)20-10-11-22(30-3)21(16-20)23(27)25-17-6-8-18(9-7-17)31-19-12-14-24-15-13-19/h6-16H,4-5H2,1-3H3,(H,25,27). The van der Waals surface area contributed by atoms with Crippen molar-refractivity contribution in [3.63, 3.8) is 0 Å². The molecule has 0 atom stereocenters. The van der Waals surface area contributed by atoms with Gasteiger partial charge in [0.05, 0.1) is 17.6 Å². The highest BCUT2D eigenvalue weighted by atomic mass is 32.2. The number of ether oxygens (including phenoxy) is 2. The Labute approximate surface area is 187 Å². The Bertz CT molecular complexity index is 1160. The molecule has 0 unspecified atom stereocenters. The lowest BCUT2D eigenvalue weighted by atomic mass is 10.2. The fourth-order valence-corrected chi connectivity index (χ4v) is 4.57. The maximum atomic E-state index is 12.9. The highest BCUT2D eigenvalue weighted by Gasteiger charge is 2.24. The number of carbonyl (C=O) groups is 1. The Morgan fingerprint density at radius 3 is 2.19 bits per heavy atom. The third-order valence-corrected chi connectivity index (χ3v) is 6.80. The fourth-order valence-electron chi connectivity index (χ4n) is 3.08. The van der Waals surface area contributed by atoms with Gasteiger partial charge in [-0.05, 0) is 54.6 Å². The predicted molar refractivity (Wildman–Crippen MR) is 122 cm³/mol. The zero-order valence-electron chi connectivity index (χ0n) is 18.1. The molecule has 168 valence electrons. The van der Waals surface area contributed by atoms with E-state index in [4.69, 9.17) is 9.47 Å². The van der Waals surface area contributed by atoms with Crippen molar-refractivity contribution in [1.29, 1.82) is 0 Å². The topological polar surface area (TPSA) is 97.8 Å². The van der Waals surface area contributed by atoms with Crippen LogP contribution in [-0.2, 0) is 10.0 Å². The molecule has 1 aromatic heterocycles. The summed E-state index contributed by atoms with van der Waals surface area (Å²) < 4.78 is 38.0. The molecule has 1 amide bonds. The fraction of sp³-hybridized carbons (Fsp3) is 0.217. The van der Waals surface area contributed by atoms with E-state index in [1.165, 1.54) is 29.6 Å². The number of nitrogens with one attached hydrogen (secondary N) is 1. The first-order chi connectivity index (χ1) is 15.4. The molecule has 0 bridgehead atoms. The lowest BCUT2D eigenvalue weighted by molar-refractivity contribution is 0.102. The quantitative estimate of drug-likeness (QED) is 0.520. The van der Waals surface area contributed by atoms with Gasteiger partial charge >= 0.3 is 0 Å². The lowest BCUT2D eigenvalue weighted by Crippen LogP contribution is -2.30. The van der Waals surface area contributed by atoms with Crippen LogP contribution in [0.25, 0.3) is 0 Å². The van der Waals surface area contributed by atoms with Crippen molar-refractivity contribution in [1.82, 2.24) is 9.29 Å². The maximum absolute atomic E-state index is 12.9. The Hall–Kier alpha value is -3.43. The van der Waals surface area contributed by atoms with Crippen molar-refractivity contribution in [2.75, 3.05) is 25.5 Å². The molecule has 8 nitrogen and oxygen atoms in total. The number of sulfonamides is 1. The second-order valence-corrected chi connectivity index (χ2v) is 8.65. The normalized spacial score (nSPS) is 11.2. The van der Waals surface area contributed by atoms with Gasteiger partial charge in [0.1, 0.15) is 17.2 Å². The van der Waals surface area contributed by atoms with Gasteiger partial charge in [0, 0.05) is 31.2 Å². The van der Waals surface area contributed by atoms with Crippen LogP contribution in [0.1, 0.15) is 24.2 Å². The Morgan fingerprint density at radius 2 is 1.59 bits per heavy atom. The third kappa shape index (κ3) is 5.24. The number of pyridine rings is 1. The lowest BCUT2D eigenvalue weighted by Gasteiger charge is -2.19. The number of benzene rings is 2. The molecule has 2 aromatic carbocycles. The largest absolute Gasteiger partial charge is 0.496 e. The summed E-state index contributed by atoms with van der Waals surface area (Å²) in [6.45, 7) is 4.20. The van der Waals surface area contributed by atoms with Crippen molar-refractivity contribution >= 4 is 21.6 Å². The molecule has 0 fully saturated rings. The van der Waals surface area contributed by atoms with Gasteiger partial charge < -0.3 is 14.8 Å². The van der Waals surface area contributed by atoms with Crippen LogP contribution in [-0.4, -0.2) is 43.8 Å². The van der Waals surface area contributed by atoms with E-state index in [-0.39, 0.29) is 16.2 Å². The number of carbonyl (C=O) groups excluding carboxylic acids is 1. The second-order valence-electron chi connectivity index (χ2n) is 6.71. The summed E-state index contributed by atoms with van der Waals surface area (Å²) in [5, 5.41) is 2.77. The molecule has 0 radical (unpaired) electrons. The van der Waals surface area contributed by atoms with E-state index in [0.717, 1.165) is 0 Å². The number of hydrogen-bond acceptors (Lipinski definition) is 6. The van der Waals surface area contributed by atoms with Crippen molar-refractivity contribution in [2.45, 2.75) is 18.7 Å². The van der Waals surface area contributed by atoms with Crippen LogP contribution in [0.2, 0.25) is 0 Å². The number of anilines is 1. The van der Waals surface area contributed by atoms with E-state index >= 15 is 0 Å². The predicted octanol–water partition coefficient (Wildman–Crippen LogP) is 4.17. The first kappa shape index (κ1) is 23.2. The summed E-state index contributed by atoms with van der Waals surface area (Å²) in [5.74, 6) is 1.03. The first-order valence-electron chi connectivity index (χ1n) is 10.1.